The van der Waals surface area contributed by atoms with Crippen molar-refractivity contribution in [3.05, 3.63) is 89.4 Å². The lowest BCUT2D eigenvalue weighted by Gasteiger charge is -2.25. The molecule has 0 radical (unpaired) electrons. The molecule has 30 heavy (non-hydrogen) atoms. The fourth-order valence-corrected chi connectivity index (χ4v) is 3.42. The molecule has 1 unspecified atom stereocenters. The maximum atomic E-state index is 10.6. The zero-order valence-electron chi connectivity index (χ0n) is 18.5. The van der Waals surface area contributed by atoms with E-state index in [1.165, 1.54) is 11.1 Å². The van der Waals surface area contributed by atoms with E-state index in [-0.39, 0.29) is 12.0 Å². The normalized spacial score (nSPS) is 12.9. The fourth-order valence-electron chi connectivity index (χ4n) is 3.42. The van der Waals surface area contributed by atoms with Crippen LogP contribution in [0, 0.1) is 6.92 Å². The Labute approximate surface area is 180 Å². The molecule has 0 bridgehead atoms. The molecule has 4 heteroatoms. The van der Waals surface area contributed by atoms with Gasteiger partial charge in [-0.25, -0.2) is 0 Å². The van der Waals surface area contributed by atoms with E-state index >= 15 is 0 Å². The summed E-state index contributed by atoms with van der Waals surface area (Å²) in [4.78, 5) is 2.19. The molecule has 0 fully saturated rings. The molecule has 0 aliphatic carbocycles. The van der Waals surface area contributed by atoms with Crippen LogP contribution in [0.4, 0.5) is 0 Å². The van der Waals surface area contributed by atoms with Gasteiger partial charge in [0.15, 0.2) is 0 Å². The molecular formula is C26H33NO3. The van der Waals surface area contributed by atoms with Crippen molar-refractivity contribution < 1.29 is 14.3 Å². The zero-order chi connectivity index (χ0) is 21.6. The summed E-state index contributed by atoms with van der Waals surface area (Å²) >= 11 is 0. The van der Waals surface area contributed by atoms with Gasteiger partial charge in [-0.05, 0) is 53.3 Å². The van der Waals surface area contributed by atoms with Crippen LogP contribution in [0.2, 0.25) is 0 Å². The van der Waals surface area contributed by atoms with Gasteiger partial charge in [-0.3, -0.25) is 4.90 Å². The molecule has 0 amide bonds. The maximum absolute atomic E-state index is 10.6. The standard InChI is InChI=1S/C26H33NO3/c1-20-7-5-8-24(15-20)30-19-23(28)17-27(18-25-9-6-14-29-25)16-21-10-12-22(13-11-21)26(2,3)4/h5-15,23,28H,16-19H2,1-4H3. The highest BCUT2D eigenvalue weighted by Crippen LogP contribution is 2.23. The van der Waals surface area contributed by atoms with Gasteiger partial charge in [0.1, 0.15) is 24.2 Å². The minimum absolute atomic E-state index is 0.135. The summed E-state index contributed by atoms with van der Waals surface area (Å²) in [5, 5.41) is 10.6. The number of hydrogen-bond donors (Lipinski definition) is 1. The molecule has 2 aromatic carbocycles. The second-order valence-corrected chi connectivity index (χ2v) is 8.98. The fraction of sp³-hybridized carbons (Fsp3) is 0.385. The van der Waals surface area contributed by atoms with Gasteiger partial charge in [0.05, 0.1) is 12.8 Å². The average Bonchev–Trinajstić information content (AvgIpc) is 3.19. The smallest absolute Gasteiger partial charge is 0.119 e. The molecule has 1 N–H and O–H groups in total. The van der Waals surface area contributed by atoms with E-state index in [9.17, 15) is 5.11 Å². The average molecular weight is 408 g/mol. The Hall–Kier alpha value is -2.56. The Morgan fingerprint density at radius 2 is 1.77 bits per heavy atom. The lowest BCUT2D eigenvalue weighted by atomic mass is 9.87. The lowest BCUT2D eigenvalue weighted by molar-refractivity contribution is 0.0604. The Morgan fingerprint density at radius 1 is 1.00 bits per heavy atom. The van der Waals surface area contributed by atoms with Crippen LogP contribution >= 0.6 is 0 Å². The van der Waals surface area contributed by atoms with Gasteiger partial charge in [0.2, 0.25) is 0 Å². The van der Waals surface area contributed by atoms with Crippen LogP contribution in [0.25, 0.3) is 0 Å². The van der Waals surface area contributed by atoms with Crippen molar-refractivity contribution >= 4 is 0 Å². The zero-order valence-corrected chi connectivity index (χ0v) is 18.5. The third-order valence-electron chi connectivity index (χ3n) is 5.09. The van der Waals surface area contributed by atoms with Crippen LogP contribution in [-0.4, -0.2) is 29.3 Å². The molecule has 1 atom stereocenters. The van der Waals surface area contributed by atoms with Crippen LogP contribution in [0.15, 0.2) is 71.3 Å². The topological polar surface area (TPSA) is 45.8 Å². The number of aliphatic hydroxyl groups excluding tert-OH is 1. The predicted octanol–water partition coefficient (Wildman–Crippen LogP) is 5.33. The summed E-state index contributed by atoms with van der Waals surface area (Å²) in [5.74, 6) is 1.66. The highest BCUT2D eigenvalue weighted by Gasteiger charge is 2.17. The Morgan fingerprint density at radius 3 is 2.40 bits per heavy atom. The second kappa shape index (κ2) is 9.96. The van der Waals surface area contributed by atoms with E-state index in [1.807, 2.05) is 43.3 Å². The van der Waals surface area contributed by atoms with Crippen molar-refractivity contribution in [3.8, 4) is 5.75 Å². The van der Waals surface area contributed by atoms with Crippen molar-refractivity contribution in [2.24, 2.45) is 0 Å². The van der Waals surface area contributed by atoms with E-state index in [4.69, 9.17) is 9.15 Å². The number of aliphatic hydroxyl groups is 1. The van der Waals surface area contributed by atoms with E-state index in [0.29, 0.717) is 13.1 Å². The van der Waals surface area contributed by atoms with Gasteiger partial charge in [-0.2, -0.15) is 0 Å². The number of aryl methyl sites for hydroxylation is 1. The van der Waals surface area contributed by atoms with Crippen molar-refractivity contribution in [2.75, 3.05) is 13.2 Å². The molecule has 160 valence electrons. The Kier molecular flexibility index (Phi) is 7.35. The Balaban J connectivity index is 1.63. The monoisotopic (exact) mass is 407 g/mol. The highest BCUT2D eigenvalue weighted by atomic mass is 16.5. The summed E-state index contributed by atoms with van der Waals surface area (Å²) in [6.07, 6.45) is 1.08. The second-order valence-electron chi connectivity index (χ2n) is 8.98. The van der Waals surface area contributed by atoms with Crippen LogP contribution in [0.5, 0.6) is 5.75 Å². The number of furan rings is 1. The van der Waals surface area contributed by atoms with Gasteiger partial charge >= 0.3 is 0 Å². The van der Waals surface area contributed by atoms with Gasteiger partial charge in [0, 0.05) is 13.1 Å². The molecule has 4 nitrogen and oxygen atoms in total. The summed E-state index contributed by atoms with van der Waals surface area (Å²) in [6, 6.07) is 20.5. The van der Waals surface area contributed by atoms with Crippen LogP contribution in [0.1, 0.15) is 43.2 Å². The summed E-state index contributed by atoms with van der Waals surface area (Å²) in [7, 11) is 0. The van der Waals surface area contributed by atoms with Gasteiger partial charge in [-0.15, -0.1) is 0 Å². The molecule has 0 spiro atoms. The SMILES string of the molecule is Cc1cccc(OCC(O)CN(Cc2ccc(C(C)(C)C)cc2)Cc2ccco2)c1. The summed E-state index contributed by atoms with van der Waals surface area (Å²) in [6.45, 7) is 10.8. The largest absolute Gasteiger partial charge is 0.491 e. The molecule has 0 aliphatic rings. The van der Waals surface area contributed by atoms with E-state index in [0.717, 1.165) is 23.6 Å². The van der Waals surface area contributed by atoms with Gasteiger partial charge in [0.25, 0.3) is 0 Å². The molecule has 0 saturated heterocycles. The predicted molar refractivity (Wildman–Crippen MR) is 121 cm³/mol. The first-order valence-corrected chi connectivity index (χ1v) is 10.5. The van der Waals surface area contributed by atoms with E-state index in [2.05, 4.69) is 49.9 Å². The number of ether oxygens (including phenoxy) is 1. The first-order valence-electron chi connectivity index (χ1n) is 10.5. The minimum atomic E-state index is -0.602. The van der Waals surface area contributed by atoms with Crippen molar-refractivity contribution in [1.82, 2.24) is 4.90 Å². The highest BCUT2D eigenvalue weighted by molar-refractivity contribution is 5.28. The van der Waals surface area contributed by atoms with Crippen LogP contribution in [-0.2, 0) is 18.5 Å². The van der Waals surface area contributed by atoms with Crippen LogP contribution < -0.4 is 4.74 Å². The number of nitrogens with zero attached hydrogens (tertiary/aromatic N) is 1. The summed E-state index contributed by atoms with van der Waals surface area (Å²) in [5.41, 5.74) is 3.80. The van der Waals surface area contributed by atoms with E-state index < -0.39 is 6.10 Å². The molecule has 1 heterocycles. The van der Waals surface area contributed by atoms with E-state index in [1.54, 1.807) is 6.26 Å². The lowest BCUT2D eigenvalue weighted by Crippen LogP contribution is -2.35. The first-order chi connectivity index (χ1) is 14.3. The van der Waals surface area contributed by atoms with Crippen molar-refractivity contribution in [2.45, 2.75) is 52.3 Å². The Bertz CT molecular complexity index is 895. The van der Waals surface area contributed by atoms with Gasteiger partial charge < -0.3 is 14.3 Å². The molecule has 3 aromatic rings. The molecular weight excluding hydrogens is 374 g/mol. The third-order valence-corrected chi connectivity index (χ3v) is 5.09. The number of benzene rings is 2. The molecule has 0 saturated carbocycles. The molecule has 3 rings (SSSR count). The number of hydrogen-bond acceptors (Lipinski definition) is 4. The molecule has 0 aliphatic heterocycles. The van der Waals surface area contributed by atoms with Gasteiger partial charge in [-0.1, -0.05) is 57.2 Å². The minimum Gasteiger partial charge on any atom is -0.491 e. The maximum Gasteiger partial charge on any atom is 0.119 e. The molecule has 1 aromatic heterocycles. The number of rotatable bonds is 9. The quantitative estimate of drug-likeness (QED) is 0.521. The van der Waals surface area contributed by atoms with Crippen molar-refractivity contribution in [1.29, 1.82) is 0 Å². The first kappa shape index (κ1) is 22.1. The van der Waals surface area contributed by atoms with Crippen molar-refractivity contribution in [3.63, 3.8) is 0 Å². The third kappa shape index (κ3) is 6.75. The van der Waals surface area contributed by atoms with Crippen LogP contribution in [0.3, 0.4) is 0 Å². The summed E-state index contributed by atoms with van der Waals surface area (Å²) < 4.78 is 11.3.